The quantitative estimate of drug-likeness (QED) is 0.329. The Balaban J connectivity index is 1.34. The van der Waals surface area contributed by atoms with Crippen molar-refractivity contribution in [1.82, 2.24) is 0 Å². The van der Waals surface area contributed by atoms with Gasteiger partial charge in [-0.3, -0.25) is 0 Å². The second-order valence-electron chi connectivity index (χ2n) is 19.8. The second-order valence-corrected chi connectivity index (χ2v) is 20.2. The van der Waals surface area contributed by atoms with Crippen molar-refractivity contribution < 1.29 is 14.6 Å². The van der Waals surface area contributed by atoms with E-state index >= 15 is 0 Å². The molecule has 0 radical (unpaired) electrons. The minimum Gasteiger partial charge on any atom is -0.396 e. The molecular formula is C56H101ClO3. The summed E-state index contributed by atoms with van der Waals surface area (Å²) in [6.45, 7) is 0.102. The van der Waals surface area contributed by atoms with Gasteiger partial charge >= 0.3 is 0 Å². The molecule has 350 valence electrons. The maximum absolute atomic E-state index is 9.97. The predicted molar refractivity (Wildman–Crippen MR) is 262 cm³/mol. The molecule has 60 heavy (non-hydrogen) atoms. The van der Waals surface area contributed by atoms with E-state index in [4.69, 9.17) is 21.1 Å². The SMILES string of the molecule is OCC[C@H]1OC2(CCCCCCCCCCCCCCCCCCCCCCCCCCCCCCCCCCCCCCCCCCCCC2)O[C@@H]1c1ccccc1Cl. The molecule has 1 aromatic rings. The third-order valence-electron chi connectivity index (χ3n) is 14.3. The van der Waals surface area contributed by atoms with Crippen LogP contribution in [0.3, 0.4) is 0 Å². The number of ether oxygens (including phenoxy) is 2. The molecule has 0 unspecified atom stereocenters. The lowest BCUT2D eigenvalue weighted by Crippen LogP contribution is -2.31. The summed E-state index contributed by atoms with van der Waals surface area (Å²) in [5.74, 6) is -0.562. The first-order chi connectivity index (χ1) is 29.7. The van der Waals surface area contributed by atoms with Gasteiger partial charge in [-0.05, 0) is 25.3 Å². The lowest BCUT2D eigenvalue weighted by atomic mass is 9.98. The molecule has 1 aromatic carbocycles. The minimum absolute atomic E-state index is 0.102. The van der Waals surface area contributed by atoms with Crippen molar-refractivity contribution in [3.05, 3.63) is 34.9 Å². The van der Waals surface area contributed by atoms with E-state index in [1.165, 1.54) is 263 Å². The van der Waals surface area contributed by atoms with E-state index in [1.807, 2.05) is 18.2 Å². The number of aliphatic hydroxyl groups is 1. The number of halogens is 1. The Morgan fingerprint density at radius 1 is 0.383 bits per heavy atom. The van der Waals surface area contributed by atoms with E-state index in [9.17, 15) is 5.11 Å². The highest BCUT2D eigenvalue weighted by atomic mass is 35.5. The van der Waals surface area contributed by atoms with Crippen LogP contribution in [0.2, 0.25) is 5.02 Å². The molecule has 3 nitrogen and oxygen atoms in total. The van der Waals surface area contributed by atoms with Gasteiger partial charge < -0.3 is 14.6 Å². The molecule has 3 rings (SSSR count). The molecule has 0 bridgehead atoms. The topological polar surface area (TPSA) is 38.7 Å². The zero-order chi connectivity index (χ0) is 42.3. The van der Waals surface area contributed by atoms with Crippen LogP contribution in [0.4, 0.5) is 0 Å². The average molecular weight is 858 g/mol. The van der Waals surface area contributed by atoms with E-state index in [2.05, 4.69) is 6.07 Å². The van der Waals surface area contributed by atoms with Gasteiger partial charge in [-0.2, -0.15) is 0 Å². The lowest BCUT2D eigenvalue weighted by Gasteiger charge is -2.29. The van der Waals surface area contributed by atoms with Crippen molar-refractivity contribution in [2.75, 3.05) is 6.61 Å². The normalized spacial score (nSPS) is 25.6. The van der Waals surface area contributed by atoms with Crippen LogP contribution in [-0.2, 0) is 9.47 Å². The summed E-state index contributed by atoms with van der Waals surface area (Å²) in [5.41, 5.74) is 1.00. The second kappa shape index (κ2) is 38.8. The molecule has 0 aromatic heterocycles. The average Bonchev–Trinajstić information content (AvgIpc) is 3.61. The lowest BCUT2D eigenvalue weighted by molar-refractivity contribution is -0.188. The molecule has 1 aliphatic heterocycles. The van der Waals surface area contributed by atoms with Crippen LogP contribution in [0.25, 0.3) is 0 Å². The van der Waals surface area contributed by atoms with Crippen LogP contribution in [-0.4, -0.2) is 23.6 Å². The molecular weight excluding hydrogens is 756 g/mol. The van der Waals surface area contributed by atoms with Crippen LogP contribution in [0.5, 0.6) is 0 Å². The Morgan fingerprint density at radius 3 is 0.883 bits per heavy atom. The highest BCUT2D eigenvalue weighted by Gasteiger charge is 2.47. The van der Waals surface area contributed by atoms with Gasteiger partial charge in [0.2, 0.25) is 0 Å². The zero-order valence-corrected chi connectivity index (χ0v) is 40.6. The van der Waals surface area contributed by atoms with E-state index in [-0.39, 0.29) is 18.8 Å². The fourth-order valence-corrected chi connectivity index (χ4v) is 10.6. The van der Waals surface area contributed by atoms with Crippen LogP contribution in [0.15, 0.2) is 24.3 Å². The van der Waals surface area contributed by atoms with Gasteiger partial charge in [0.15, 0.2) is 5.79 Å². The first kappa shape index (κ1) is 53.7. The molecule has 2 aliphatic rings. The number of aliphatic hydroxyl groups excluding tert-OH is 1. The van der Waals surface area contributed by atoms with Crippen molar-refractivity contribution in [3.8, 4) is 0 Å². The summed E-state index contributed by atoms with van der Waals surface area (Å²) in [6, 6.07) is 8.06. The first-order valence-corrected chi connectivity index (χ1v) is 27.8. The maximum Gasteiger partial charge on any atom is 0.169 e. The molecule has 0 amide bonds. The summed E-state index contributed by atoms with van der Waals surface area (Å²) in [6.07, 6.45) is 63.0. The van der Waals surface area contributed by atoms with Crippen LogP contribution in [0, 0.1) is 0 Å². The van der Waals surface area contributed by atoms with Gasteiger partial charge in [0, 0.05) is 30.0 Å². The summed E-state index contributed by atoms with van der Waals surface area (Å²) in [5, 5.41) is 10.7. The summed E-state index contributed by atoms with van der Waals surface area (Å²) in [4.78, 5) is 0. The summed E-state index contributed by atoms with van der Waals surface area (Å²) >= 11 is 6.70. The van der Waals surface area contributed by atoms with Crippen molar-refractivity contribution >= 4 is 11.6 Å². The summed E-state index contributed by atoms with van der Waals surface area (Å²) in [7, 11) is 0. The van der Waals surface area contributed by atoms with Gasteiger partial charge in [0.05, 0.1) is 6.10 Å². The van der Waals surface area contributed by atoms with Gasteiger partial charge in [-0.25, -0.2) is 0 Å². The monoisotopic (exact) mass is 857 g/mol. The molecule has 2 atom stereocenters. The predicted octanol–water partition coefficient (Wildman–Crippen LogP) is 19.4. The molecule has 1 saturated heterocycles. The van der Waals surface area contributed by atoms with Crippen molar-refractivity contribution in [2.24, 2.45) is 0 Å². The fourth-order valence-electron chi connectivity index (χ4n) is 10.4. The van der Waals surface area contributed by atoms with Crippen LogP contribution >= 0.6 is 11.6 Å². The standard InChI is InChI=1S/C56H101ClO3/c57-53-47-43-42-46-52(53)55-54(48-51-58)59-56(60-55)49-44-40-38-36-34-32-30-28-26-24-22-20-18-16-14-12-10-8-6-4-2-1-3-5-7-9-11-13-15-17-19-21-23-25-27-29-31-33-35-37-39-41-45-50-56/h42-43,46-47,54-55,58H,1-41,44-45,48-51H2/t54-,55-/m1/s1. The van der Waals surface area contributed by atoms with E-state index in [1.54, 1.807) is 0 Å². The Bertz CT molecular complexity index is 1010. The van der Waals surface area contributed by atoms with E-state index in [0.717, 1.165) is 36.3 Å². The number of rotatable bonds is 3. The van der Waals surface area contributed by atoms with Gasteiger partial charge in [-0.1, -0.05) is 293 Å². The molecule has 1 saturated carbocycles. The minimum atomic E-state index is -0.562. The molecule has 4 heteroatoms. The molecule has 1 N–H and O–H groups in total. The summed E-state index contributed by atoms with van der Waals surface area (Å²) < 4.78 is 13.8. The van der Waals surface area contributed by atoms with Gasteiger partial charge in [0.25, 0.3) is 0 Å². The third-order valence-corrected chi connectivity index (χ3v) is 14.6. The first-order valence-electron chi connectivity index (χ1n) is 27.4. The smallest absolute Gasteiger partial charge is 0.169 e. The maximum atomic E-state index is 9.97. The Morgan fingerprint density at radius 2 is 0.633 bits per heavy atom. The number of hydrogen-bond donors (Lipinski definition) is 1. The van der Waals surface area contributed by atoms with Crippen molar-refractivity contribution in [1.29, 1.82) is 0 Å². The molecule has 2 fully saturated rings. The Hall–Kier alpha value is -0.610. The Kier molecular flexibility index (Phi) is 34.8. The highest BCUT2D eigenvalue weighted by molar-refractivity contribution is 6.31. The van der Waals surface area contributed by atoms with Gasteiger partial charge in [-0.15, -0.1) is 0 Å². The fraction of sp³-hybridized carbons (Fsp3) is 0.893. The number of benzene rings is 1. The highest BCUT2D eigenvalue weighted by Crippen LogP contribution is 2.46. The number of hydrogen-bond acceptors (Lipinski definition) is 3. The zero-order valence-electron chi connectivity index (χ0n) is 39.8. The molecule has 1 aliphatic carbocycles. The van der Waals surface area contributed by atoms with E-state index < -0.39 is 5.79 Å². The largest absolute Gasteiger partial charge is 0.396 e. The van der Waals surface area contributed by atoms with Gasteiger partial charge in [0.1, 0.15) is 6.10 Å². The third kappa shape index (κ3) is 27.5. The van der Waals surface area contributed by atoms with Crippen molar-refractivity contribution in [3.63, 3.8) is 0 Å². The Labute approximate surface area is 379 Å². The van der Waals surface area contributed by atoms with Crippen LogP contribution in [0.1, 0.15) is 307 Å². The van der Waals surface area contributed by atoms with E-state index in [0.29, 0.717) is 6.42 Å². The molecule has 1 spiro atoms. The van der Waals surface area contributed by atoms with Crippen LogP contribution < -0.4 is 0 Å². The molecule has 1 heterocycles. The van der Waals surface area contributed by atoms with Crippen molar-refractivity contribution in [2.45, 2.75) is 313 Å².